The van der Waals surface area contributed by atoms with Gasteiger partial charge in [-0.2, -0.15) is 4.31 Å². The molecule has 3 aromatic carbocycles. The largest absolute Gasteiger partial charge is 0.322 e. The first kappa shape index (κ1) is 19.5. The Hall–Kier alpha value is -2.29. The number of hydrogen-bond acceptors (Lipinski definition) is 3. The van der Waals surface area contributed by atoms with Gasteiger partial charge in [0.25, 0.3) is 0 Å². The molecule has 0 saturated carbocycles. The molecule has 140 valence electrons. The summed E-state index contributed by atoms with van der Waals surface area (Å²) in [6.45, 7) is -0.440. The first-order chi connectivity index (χ1) is 12.8. The molecule has 0 saturated heterocycles. The van der Waals surface area contributed by atoms with Crippen molar-refractivity contribution in [3.8, 4) is 0 Å². The van der Waals surface area contributed by atoms with Gasteiger partial charge in [-0.3, -0.25) is 4.79 Å². The van der Waals surface area contributed by atoms with E-state index in [1.54, 1.807) is 18.2 Å². The van der Waals surface area contributed by atoms with Crippen LogP contribution in [0.15, 0.2) is 70.0 Å². The summed E-state index contributed by atoms with van der Waals surface area (Å²) in [5.74, 6) is -1.25. The van der Waals surface area contributed by atoms with Gasteiger partial charge in [0.1, 0.15) is 5.82 Å². The van der Waals surface area contributed by atoms with Crippen molar-refractivity contribution in [1.29, 1.82) is 0 Å². The molecule has 0 fully saturated rings. The Morgan fingerprint density at radius 1 is 1.07 bits per heavy atom. The second-order valence-corrected chi connectivity index (χ2v) is 8.90. The molecule has 3 aromatic rings. The maximum Gasteiger partial charge on any atom is 0.243 e. The zero-order chi connectivity index (χ0) is 19.6. The Balaban J connectivity index is 1.76. The SMILES string of the molecule is CN(CC(=O)Nc1ccc(Br)cc1F)S(=O)(=O)c1ccc2ccccc2c1. The first-order valence-corrected chi connectivity index (χ1v) is 10.2. The normalized spacial score (nSPS) is 11.7. The van der Waals surface area contributed by atoms with Crippen molar-refractivity contribution < 1.29 is 17.6 Å². The van der Waals surface area contributed by atoms with Crippen LogP contribution in [0.5, 0.6) is 0 Å². The third-order valence-electron chi connectivity index (χ3n) is 4.00. The number of anilines is 1. The number of hydrogen-bond donors (Lipinski definition) is 1. The number of fused-ring (bicyclic) bond motifs is 1. The highest BCUT2D eigenvalue weighted by Gasteiger charge is 2.23. The van der Waals surface area contributed by atoms with E-state index in [2.05, 4.69) is 21.2 Å². The zero-order valence-electron chi connectivity index (χ0n) is 14.3. The summed E-state index contributed by atoms with van der Waals surface area (Å²) in [5.41, 5.74) is -0.0142. The summed E-state index contributed by atoms with van der Waals surface area (Å²) in [5, 5.41) is 4.09. The fourth-order valence-corrected chi connectivity index (χ4v) is 4.07. The molecule has 5 nitrogen and oxygen atoms in total. The first-order valence-electron chi connectivity index (χ1n) is 7.97. The lowest BCUT2D eigenvalue weighted by molar-refractivity contribution is -0.116. The summed E-state index contributed by atoms with van der Waals surface area (Å²) >= 11 is 3.13. The minimum atomic E-state index is -3.86. The second-order valence-electron chi connectivity index (χ2n) is 5.94. The molecular weight excluding hydrogens is 435 g/mol. The summed E-state index contributed by atoms with van der Waals surface area (Å²) < 4.78 is 40.8. The third kappa shape index (κ3) is 4.35. The number of carbonyl (C=O) groups is 1. The summed E-state index contributed by atoms with van der Waals surface area (Å²) in [4.78, 5) is 12.2. The molecule has 8 heteroatoms. The standard InChI is InChI=1S/C19H16BrFN2O3S/c1-23(12-19(24)22-18-9-7-15(20)11-17(18)21)27(25,26)16-8-6-13-4-2-3-5-14(13)10-16/h2-11H,12H2,1H3,(H,22,24). The van der Waals surface area contributed by atoms with Crippen LogP contribution in [0.2, 0.25) is 0 Å². The van der Waals surface area contributed by atoms with E-state index in [9.17, 15) is 17.6 Å². The molecule has 0 bridgehead atoms. The van der Waals surface area contributed by atoms with Gasteiger partial charge in [0.15, 0.2) is 0 Å². The van der Waals surface area contributed by atoms with Crippen molar-refractivity contribution in [2.75, 3.05) is 18.9 Å². The maximum atomic E-state index is 13.8. The van der Waals surface area contributed by atoms with Gasteiger partial charge in [0, 0.05) is 11.5 Å². The van der Waals surface area contributed by atoms with Gasteiger partial charge in [-0.15, -0.1) is 0 Å². The van der Waals surface area contributed by atoms with E-state index in [4.69, 9.17) is 0 Å². The van der Waals surface area contributed by atoms with Crippen LogP contribution in [-0.2, 0) is 14.8 Å². The molecule has 0 aliphatic carbocycles. The summed E-state index contributed by atoms with van der Waals surface area (Å²) in [7, 11) is -2.56. The van der Waals surface area contributed by atoms with E-state index in [1.165, 1.54) is 25.2 Å². The lowest BCUT2D eigenvalue weighted by atomic mass is 10.1. The molecule has 0 heterocycles. The number of sulfonamides is 1. The summed E-state index contributed by atoms with van der Waals surface area (Å²) in [6, 6.07) is 16.4. The van der Waals surface area contributed by atoms with Gasteiger partial charge in [-0.05, 0) is 41.1 Å². The zero-order valence-corrected chi connectivity index (χ0v) is 16.7. The molecule has 1 N–H and O–H groups in total. The number of amides is 1. The average molecular weight is 451 g/mol. The van der Waals surface area contributed by atoms with Crippen LogP contribution >= 0.6 is 15.9 Å². The van der Waals surface area contributed by atoms with Crippen LogP contribution in [0.25, 0.3) is 10.8 Å². The van der Waals surface area contributed by atoms with Crippen LogP contribution in [0.1, 0.15) is 0 Å². The molecule has 0 radical (unpaired) electrons. The Morgan fingerprint density at radius 2 is 1.78 bits per heavy atom. The van der Waals surface area contributed by atoms with Crippen molar-refractivity contribution in [3.63, 3.8) is 0 Å². The number of benzene rings is 3. The molecular formula is C19H16BrFN2O3S. The minimum absolute atomic E-state index is 0.0142. The van der Waals surface area contributed by atoms with Crippen molar-refractivity contribution in [1.82, 2.24) is 4.31 Å². The number of nitrogens with one attached hydrogen (secondary N) is 1. The van der Waals surface area contributed by atoms with Crippen molar-refractivity contribution in [3.05, 3.63) is 71.0 Å². The van der Waals surface area contributed by atoms with Gasteiger partial charge in [0.2, 0.25) is 15.9 Å². The number of nitrogens with zero attached hydrogens (tertiary/aromatic N) is 1. The van der Waals surface area contributed by atoms with E-state index >= 15 is 0 Å². The van der Waals surface area contributed by atoms with E-state index in [-0.39, 0.29) is 10.6 Å². The fourth-order valence-electron chi connectivity index (χ4n) is 2.58. The molecule has 0 spiro atoms. The Morgan fingerprint density at radius 3 is 2.48 bits per heavy atom. The maximum absolute atomic E-state index is 13.8. The van der Waals surface area contributed by atoms with Gasteiger partial charge in [-0.25, -0.2) is 12.8 Å². The minimum Gasteiger partial charge on any atom is -0.322 e. The lowest BCUT2D eigenvalue weighted by Gasteiger charge is -2.17. The van der Waals surface area contributed by atoms with Crippen LogP contribution < -0.4 is 5.32 Å². The van der Waals surface area contributed by atoms with Crippen molar-refractivity contribution in [2.24, 2.45) is 0 Å². The average Bonchev–Trinajstić information content (AvgIpc) is 2.63. The predicted molar refractivity (Wildman–Crippen MR) is 106 cm³/mol. The van der Waals surface area contributed by atoms with Gasteiger partial charge in [-0.1, -0.05) is 46.3 Å². The molecule has 1 amide bonds. The Kier molecular flexibility index (Phi) is 5.59. The molecule has 27 heavy (non-hydrogen) atoms. The van der Waals surface area contributed by atoms with E-state index in [0.717, 1.165) is 15.1 Å². The van der Waals surface area contributed by atoms with Crippen molar-refractivity contribution in [2.45, 2.75) is 4.90 Å². The highest BCUT2D eigenvalue weighted by molar-refractivity contribution is 9.10. The predicted octanol–water partition coefficient (Wildman–Crippen LogP) is 4.00. The number of carbonyl (C=O) groups excluding carboxylic acids is 1. The molecule has 0 unspecified atom stereocenters. The summed E-state index contributed by atoms with van der Waals surface area (Å²) in [6.07, 6.45) is 0. The third-order valence-corrected chi connectivity index (χ3v) is 6.29. The molecule has 3 rings (SSSR count). The van der Waals surface area contributed by atoms with Crippen LogP contribution in [-0.4, -0.2) is 32.2 Å². The molecule has 0 aliphatic heterocycles. The Bertz CT molecular complexity index is 1120. The van der Waals surface area contributed by atoms with Crippen molar-refractivity contribution >= 4 is 48.3 Å². The Labute approximate surface area is 165 Å². The topological polar surface area (TPSA) is 66.5 Å². The van der Waals surface area contributed by atoms with E-state index < -0.39 is 28.3 Å². The van der Waals surface area contributed by atoms with E-state index in [1.807, 2.05) is 24.3 Å². The highest BCUT2D eigenvalue weighted by Crippen LogP contribution is 2.22. The monoisotopic (exact) mass is 450 g/mol. The van der Waals surface area contributed by atoms with E-state index in [0.29, 0.717) is 4.47 Å². The highest BCUT2D eigenvalue weighted by atomic mass is 79.9. The lowest BCUT2D eigenvalue weighted by Crippen LogP contribution is -2.35. The smallest absolute Gasteiger partial charge is 0.243 e. The van der Waals surface area contributed by atoms with Crippen LogP contribution in [0.4, 0.5) is 10.1 Å². The molecule has 0 aromatic heterocycles. The second kappa shape index (κ2) is 7.75. The number of rotatable bonds is 5. The molecule has 0 atom stereocenters. The number of halogens is 2. The quantitative estimate of drug-likeness (QED) is 0.638. The van der Waals surface area contributed by atoms with Gasteiger partial charge >= 0.3 is 0 Å². The van der Waals surface area contributed by atoms with Crippen LogP contribution in [0, 0.1) is 5.82 Å². The molecule has 0 aliphatic rings. The van der Waals surface area contributed by atoms with Crippen LogP contribution in [0.3, 0.4) is 0 Å². The fraction of sp³-hybridized carbons (Fsp3) is 0.105. The number of likely N-dealkylation sites (N-methyl/N-ethyl adjacent to an activating group) is 1. The van der Waals surface area contributed by atoms with Gasteiger partial charge < -0.3 is 5.32 Å². The van der Waals surface area contributed by atoms with Gasteiger partial charge in [0.05, 0.1) is 17.1 Å².